The molecule has 0 saturated carbocycles. The molecule has 1 atom stereocenters. The van der Waals surface area contributed by atoms with Crippen LogP contribution < -0.4 is 15.4 Å². The molecule has 1 aromatic carbocycles. The van der Waals surface area contributed by atoms with Gasteiger partial charge in [0.2, 0.25) is 5.91 Å². The normalized spacial score (nSPS) is 22.0. The number of carbonyl (C=O) groups is 1. The van der Waals surface area contributed by atoms with E-state index in [0.717, 1.165) is 37.2 Å². The molecule has 0 spiro atoms. The summed E-state index contributed by atoms with van der Waals surface area (Å²) in [5.74, 6) is 1.22. The van der Waals surface area contributed by atoms with Crippen molar-refractivity contribution in [3.8, 4) is 5.75 Å². The van der Waals surface area contributed by atoms with Gasteiger partial charge in [0, 0.05) is 11.5 Å². The van der Waals surface area contributed by atoms with Crippen LogP contribution in [0.3, 0.4) is 0 Å². The lowest BCUT2D eigenvalue weighted by atomic mass is 9.96. The van der Waals surface area contributed by atoms with Crippen molar-refractivity contribution in [1.29, 1.82) is 0 Å². The van der Waals surface area contributed by atoms with E-state index in [9.17, 15) is 4.79 Å². The Morgan fingerprint density at radius 1 is 1.26 bits per heavy atom. The summed E-state index contributed by atoms with van der Waals surface area (Å²) in [6, 6.07) is 7.93. The number of hydrogen-bond acceptors (Lipinski definition) is 3. The Bertz CT molecular complexity index is 447. The van der Waals surface area contributed by atoms with E-state index in [1.54, 1.807) is 0 Å². The van der Waals surface area contributed by atoms with Crippen LogP contribution in [0.5, 0.6) is 5.75 Å². The van der Waals surface area contributed by atoms with Crippen molar-refractivity contribution >= 4 is 18.3 Å². The Balaban J connectivity index is 0.00000133. The minimum Gasteiger partial charge on any atom is -0.491 e. The fourth-order valence-electron chi connectivity index (χ4n) is 2.66. The monoisotopic (exact) mass is 282 g/mol. The fraction of sp³-hybridized carbons (Fsp3) is 0.500. The number of hydrogen-bond donors (Lipinski definition) is 2. The maximum atomic E-state index is 12.2. The Morgan fingerprint density at radius 2 is 2.00 bits per heavy atom. The van der Waals surface area contributed by atoms with Gasteiger partial charge in [0.15, 0.2) is 0 Å². The van der Waals surface area contributed by atoms with Crippen molar-refractivity contribution in [1.82, 2.24) is 10.6 Å². The molecule has 19 heavy (non-hydrogen) atoms. The molecule has 1 unspecified atom stereocenters. The summed E-state index contributed by atoms with van der Waals surface area (Å²) in [4.78, 5) is 12.2. The van der Waals surface area contributed by atoms with Crippen LogP contribution in [0, 0.1) is 5.92 Å². The molecule has 5 heteroatoms. The summed E-state index contributed by atoms with van der Waals surface area (Å²) >= 11 is 0. The topological polar surface area (TPSA) is 50.4 Å². The van der Waals surface area contributed by atoms with Crippen molar-refractivity contribution in [2.45, 2.75) is 18.9 Å². The molecular weight excluding hydrogens is 264 g/mol. The Kier molecular flexibility index (Phi) is 4.66. The van der Waals surface area contributed by atoms with Gasteiger partial charge in [-0.15, -0.1) is 12.4 Å². The first kappa shape index (κ1) is 14.2. The number of piperidine rings is 1. The van der Waals surface area contributed by atoms with E-state index in [-0.39, 0.29) is 30.3 Å². The molecule has 0 aromatic heterocycles. The van der Waals surface area contributed by atoms with Crippen LogP contribution in [0.1, 0.15) is 24.4 Å². The van der Waals surface area contributed by atoms with E-state index in [4.69, 9.17) is 4.74 Å². The number of carbonyl (C=O) groups excluding carboxylic acids is 1. The van der Waals surface area contributed by atoms with E-state index in [0.29, 0.717) is 6.61 Å². The van der Waals surface area contributed by atoms with E-state index >= 15 is 0 Å². The third kappa shape index (κ3) is 3.01. The van der Waals surface area contributed by atoms with Gasteiger partial charge < -0.3 is 15.4 Å². The second kappa shape index (κ2) is 6.26. The summed E-state index contributed by atoms with van der Waals surface area (Å²) < 4.78 is 5.57. The predicted octanol–water partition coefficient (Wildman–Crippen LogP) is 1.66. The molecule has 0 bridgehead atoms. The quantitative estimate of drug-likeness (QED) is 0.867. The molecule has 4 nitrogen and oxygen atoms in total. The number of para-hydroxylation sites is 1. The smallest absolute Gasteiger partial charge is 0.223 e. The average molecular weight is 283 g/mol. The molecule has 0 radical (unpaired) electrons. The minimum atomic E-state index is 0. The van der Waals surface area contributed by atoms with Gasteiger partial charge in [-0.1, -0.05) is 18.2 Å². The first-order valence-corrected chi connectivity index (χ1v) is 6.57. The number of nitrogens with one attached hydrogen (secondary N) is 2. The largest absolute Gasteiger partial charge is 0.491 e. The van der Waals surface area contributed by atoms with Crippen molar-refractivity contribution in [2.24, 2.45) is 5.92 Å². The lowest BCUT2D eigenvalue weighted by Gasteiger charge is -2.23. The highest BCUT2D eigenvalue weighted by Gasteiger charge is 2.28. The molecule has 2 heterocycles. The van der Waals surface area contributed by atoms with Gasteiger partial charge in [-0.25, -0.2) is 0 Å². The third-order valence-electron chi connectivity index (χ3n) is 3.73. The summed E-state index contributed by atoms with van der Waals surface area (Å²) in [7, 11) is 0. The maximum Gasteiger partial charge on any atom is 0.223 e. The van der Waals surface area contributed by atoms with Crippen molar-refractivity contribution in [2.75, 3.05) is 19.7 Å². The third-order valence-corrected chi connectivity index (χ3v) is 3.73. The van der Waals surface area contributed by atoms with Gasteiger partial charge in [0.05, 0.1) is 6.04 Å². The second-order valence-corrected chi connectivity index (χ2v) is 4.93. The first-order valence-electron chi connectivity index (χ1n) is 6.57. The minimum absolute atomic E-state index is 0. The van der Waals surface area contributed by atoms with Crippen molar-refractivity contribution in [3.05, 3.63) is 29.8 Å². The zero-order valence-electron chi connectivity index (χ0n) is 10.7. The van der Waals surface area contributed by atoms with Crippen LogP contribution in [-0.2, 0) is 4.79 Å². The molecule has 2 aliphatic heterocycles. The van der Waals surface area contributed by atoms with Crippen LogP contribution >= 0.6 is 12.4 Å². The number of rotatable bonds is 2. The van der Waals surface area contributed by atoms with Gasteiger partial charge in [0.1, 0.15) is 12.4 Å². The summed E-state index contributed by atoms with van der Waals surface area (Å²) in [5.41, 5.74) is 1.10. The van der Waals surface area contributed by atoms with Gasteiger partial charge in [-0.05, 0) is 32.0 Å². The number of amides is 1. The molecule has 1 fully saturated rings. The molecular formula is C14H19ClN2O2. The highest BCUT2D eigenvalue weighted by Crippen LogP contribution is 2.32. The number of fused-ring (bicyclic) bond motifs is 1. The lowest BCUT2D eigenvalue weighted by Crippen LogP contribution is -2.40. The van der Waals surface area contributed by atoms with Gasteiger partial charge in [-0.3, -0.25) is 4.79 Å². The summed E-state index contributed by atoms with van der Waals surface area (Å²) in [5, 5.41) is 6.39. The molecule has 0 aliphatic carbocycles. The Hall–Kier alpha value is -1.26. The van der Waals surface area contributed by atoms with Crippen molar-refractivity contribution < 1.29 is 9.53 Å². The summed E-state index contributed by atoms with van der Waals surface area (Å²) in [6.07, 6.45) is 1.86. The standard InChI is InChI=1S/C14H18N2O2.ClH/c17-14(10-5-7-15-8-6-10)16-12-9-18-13-4-2-1-3-11(12)13;/h1-4,10,12,15H,5-9H2,(H,16,17);1H. The fourth-order valence-corrected chi connectivity index (χ4v) is 2.66. The number of halogens is 1. The van der Waals surface area contributed by atoms with Gasteiger partial charge in [0.25, 0.3) is 0 Å². The van der Waals surface area contributed by atoms with Crippen LogP contribution in [0.15, 0.2) is 24.3 Å². The lowest BCUT2D eigenvalue weighted by molar-refractivity contribution is -0.126. The van der Waals surface area contributed by atoms with Crippen LogP contribution in [0.2, 0.25) is 0 Å². The molecule has 3 rings (SSSR count). The van der Waals surface area contributed by atoms with E-state index in [2.05, 4.69) is 10.6 Å². The second-order valence-electron chi connectivity index (χ2n) is 4.93. The van der Waals surface area contributed by atoms with Crippen LogP contribution in [-0.4, -0.2) is 25.6 Å². The van der Waals surface area contributed by atoms with E-state index < -0.39 is 0 Å². The van der Waals surface area contributed by atoms with Crippen molar-refractivity contribution in [3.63, 3.8) is 0 Å². The molecule has 1 saturated heterocycles. The van der Waals surface area contributed by atoms with Crippen LogP contribution in [0.4, 0.5) is 0 Å². The molecule has 2 aliphatic rings. The maximum absolute atomic E-state index is 12.2. The predicted molar refractivity (Wildman–Crippen MR) is 75.7 cm³/mol. The average Bonchev–Trinajstić information content (AvgIpc) is 2.83. The SMILES string of the molecule is Cl.O=C(NC1COc2ccccc21)C1CCNCC1. The zero-order chi connectivity index (χ0) is 12.4. The van der Waals surface area contributed by atoms with E-state index in [1.165, 1.54) is 0 Å². The van der Waals surface area contributed by atoms with Gasteiger partial charge in [-0.2, -0.15) is 0 Å². The first-order chi connectivity index (χ1) is 8.84. The Labute approximate surface area is 119 Å². The van der Waals surface area contributed by atoms with Gasteiger partial charge >= 0.3 is 0 Å². The molecule has 1 aromatic rings. The highest BCUT2D eigenvalue weighted by atomic mass is 35.5. The molecule has 1 amide bonds. The van der Waals surface area contributed by atoms with Crippen LogP contribution in [0.25, 0.3) is 0 Å². The Morgan fingerprint density at radius 3 is 2.79 bits per heavy atom. The number of ether oxygens (including phenoxy) is 1. The highest BCUT2D eigenvalue weighted by molar-refractivity contribution is 5.85. The number of benzene rings is 1. The molecule has 104 valence electrons. The zero-order valence-corrected chi connectivity index (χ0v) is 11.5. The molecule has 2 N–H and O–H groups in total. The summed E-state index contributed by atoms with van der Waals surface area (Å²) in [6.45, 7) is 2.43. The van der Waals surface area contributed by atoms with E-state index in [1.807, 2.05) is 24.3 Å².